The van der Waals surface area contributed by atoms with Crippen molar-refractivity contribution in [2.24, 2.45) is 7.05 Å². The minimum absolute atomic E-state index is 0.0193. The van der Waals surface area contributed by atoms with Gasteiger partial charge in [0.25, 0.3) is 0 Å². The first-order chi connectivity index (χ1) is 8.49. The Labute approximate surface area is 105 Å². The lowest BCUT2D eigenvalue weighted by molar-refractivity contribution is 0.0992. The highest BCUT2D eigenvalue weighted by molar-refractivity contribution is 5.97. The van der Waals surface area contributed by atoms with Crippen molar-refractivity contribution in [2.45, 2.75) is 20.3 Å². The van der Waals surface area contributed by atoms with Crippen molar-refractivity contribution in [3.05, 3.63) is 52.6 Å². The second kappa shape index (κ2) is 4.72. The predicted molar refractivity (Wildman–Crippen MR) is 67.1 cm³/mol. The molecule has 0 N–H and O–H groups in total. The van der Waals surface area contributed by atoms with Crippen LogP contribution in [0.4, 0.5) is 4.39 Å². The van der Waals surface area contributed by atoms with Crippen LogP contribution in [0.5, 0.6) is 0 Å². The molecule has 4 heteroatoms. The van der Waals surface area contributed by atoms with E-state index in [-0.39, 0.29) is 11.6 Å². The van der Waals surface area contributed by atoms with Crippen molar-refractivity contribution in [3.63, 3.8) is 0 Å². The number of aromatic nitrogens is 2. The molecule has 1 heterocycles. The molecule has 0 aliphatic heterocycles. The van der Waals surface area contributed by atoms with E-state index in [4.69, 9.17) is 0 Å². The Hall–Kier alpha value is -1.97. The molecule has 0 fully saturated rings. The Morgan fingerprint density at radius 3 is 2.39 bits per heavy atom. The van der Waals surface area contributed by atoms with Gasteiger partial charge in [-0.3, -0.25) is 9.48 Å². The third-order valence-electron chi connectivity index (χ3n) is 3.16. The zero-order chi connectivity index (χ0) is 13.3. The fourth-order valence-electron chi connectivity index (χ4n) is 1.97. The second-order valence-corrected chi connectivity index (χ2v) is 4.38. The summed E-state index contributed by atoms with van der Waals surface area (Å²) in [5.41, 5.74) is 3.33. The summed E-state index contributed by atoms with van der Waals surface area (Å²) >= 11 is 0. The first-order valence-corrected chi connectivity index (χ1v) is 5.77. The molecule has 0 aliphatic carbocycles. The van der Waals surface area contributed by atoms with Crippen molar-refractivity contribution < 1.29 is 9.18 Å². The Balaban J connectivity index is 2.24. The fourth-order valence-corrected chi connectivity index (χ4v) is 1.97. The topological polar surface area (TPSA) is 34.9 Å². The molecule has 0 unspecified atom stereocenters. The van der Waals surface area contributed by atoms with E-state index < -0.39 is 0 Å². The van der Waals surface area contributed by atoms with E-state index in [1.165, 1.54) is 24.3 Å². The quantitative estimate of drug-likeness (QED) is 0.780. The van der Waals surface area contributed by atoms with Gasteiger partial charge in [0.15, 0.2) is 5.78 Å². The SMILES string of the molecule is Cc1nn(C)c(C)c1CC(=O)c1ccc(F)cc1. The van der Waals surface area contributed by atoms with Gasteiger partial charge in [0.2, 0.25) is 0 Å². The van der Waals surface area contributed by atoms with Crippen LogP contribution in [-0.4, -0.2) is 15.6 Å². The van der Waals surface area contributed by atoms with Crippen LogP contribution in [0, 0.1) is 19.7 Å². The monoisotopic (exact) mass is 246 g/mol. The maximum absolute atomic E-state index is 12.8. The Morgan fingerprint density at radius 2 is 1.89 bits per heavy atom. The number of hydrogen-bond donors (Lipinski definition) is 0. The number of rotatable bonds is 3. The van der Waals surface area contributed by atoms with Gasteiger partial charge in [-0.05, 0) is 38.1 Å². The number of Topliss-reactive ketones (excluding diaryl/α,β-unsaturated/α-hetero) is 1. The lowest BCUT2D eigenvalue weighted by Crippen LogP contribution is -2.05. The zero-order valence-corrected chi connectivity index (χ0v) is 10.7. The minimum Gasteiger partial charge on any atom is -0.294 e. The van der Waals surface area contributed by atoms with Gasteiger partial charge in [-0.2, -0.15) is 5.10 Å². The number of hydrogen-bond acceptors (Lipinski definition) is 2. The first kappa shape index (κ1) is 12.5. The van der Waals surface area contributed by atoms with Crippen molar-refractivity contribution in [3.8, 4) is 0 Å². The highest BCUT2D eigenvalue weighted by atomic mass is 19.1. The van der Waals surface area contributed by atoms with Crippen LogP contribution >= 0.6 is 0 Å². The molecule has 0 spiro atoms. The third-order valence-corrected chi connectivity index (χ3v) is 3.16. The van der Waals surface area contributed by atoms with E-state index in [2.05, 4.69) is 5.10 Å². The molecule has 0 aliphatic rings. The Morgan fingerprint density at radius 1 is 1.28 bits per heavy atom. The van der Waals surface area contributed by atoms with Gasteiger partial charge in [0, 0.05) is 30.3 Å². The van der Waals surface area contributed by atoms with Crippen LogP contribution < -0.4 is 0 Å². The van der Waals surface area contributed by atoms with Crippen LogP contribution in [0.3, 0.4) is 0 Å². The molecule has 1 aromatic carbocycles. The number of benzene rings is 1. The summed E-state index contributed by atoms with van der Waals surface area (Å²) in [5.74, 6) is -0.352. The molecular formula is C14H15FN2O. The van der Waals surface area contributed by atoms with Crippen molar-refractivity contribution in [1.29, 1.82) is 0 Å². The molecule has 0 saturated heterocycles. The summed E-state index contributed by atoms with van der Waals surface area (Å²) in [5, 5.41) is 4.28. The van der Waals surface area contributed by atoms with Gasteiger partial charge in [0.05, 0.1) is 5.69 Å². The fraction of sp³-hybridized carbons (Fsp3) is 0.286. The van der Waals surface area contributed by atoms with E-state index in [1.54, 1.807) is 4.68 Å². The van der Waals surface area contributed by atoms with Crippen LogP contribution in [0.25, 0.3) is 0 Å². The molecule has 0 amide bonds. The average molecular weight is 246 g/mol. The standard InChI is InChI=1S/C14H15FN2O/c1-9-13(10(2)17(3)16-9)8-14(18)11-4-6-12(15)7-5-11/h4-7H,8H2,1-3H3. The molecule has 94 valence electrons. The lowest BCUT2D eigenvalue weighted by atomic mass is 10.0. The third kappa shape index (κ3) is 2.32. The number of ketones is 1. The van der Waals surface area contributed by atoms with Crippen LogP contribution in [-0.2, 0) is 13.5 Å². The summed E-state index contributed by atoms with van der Waals surface area (Å²) in [4.78, 5) is 12.1. The van der Waals surface area contributed by atoms with Gasteiger partial charge >= 0.3 is 0 Å². The largest absolute Gasteiger partial charge is 0.294 e. The lowest BCUT2D eigenvalue weighted by Gasteiger charge is -2.02. The van der Waals surface area contributed by atoms with E-state index >= 15 is 0 Å². The summed E-state index contributed by atoms with van der Waals surface area (Å²) < 4.78 is 14.6. The maximum Gasteiger partial charge on any atom is 0.167 e. The molecule has 0 radical (unpaired) electrons. The van der Waals surface area contributed by atoms with Crippen molar-refractivity contribution >= 4 is 5.78 Å². The number of halogens is 1. The summed E-state index contributed by atoms with van der Waals surface area (Å²) in [6.45, 7) is 3.83. The van der Waals surface area contributed by atoms with E-state index in [9.17, 15) is 9.18 Å². The van der Waals surface area contributed by atoms with Gasteiger partial charge < -0.3 is 0 Å². The molecule has 0 saturated carbocycles. The smallest absolute Gasteiger partial charge is 0.167 e. The van der Waals surface area contributed by atoms with Gasteiger partial charge in [-0.25, -0.2) is 4.39 Å². The normalized spacial score (nSPS) is 10.7. The molecule has 0 atom stereocenters. The molecule has 2 rings (SSSR count). The number of aryl methyl sites for hydroxylation is 2. The molecular weight excluding hydrogens is 231 g/mol. The molecule has 0 bridgehead atoms. The van der Waals surface area contributed by atoms with Crippen molar-refractivity contribution in [2.75, 3.05) is 0 Å². The maximum atomic E-state index is 12.8. The summed E-state index contributed by atoms with van der Waals surface area (Å²) in [6, 6.07) is 5.63. The van der Waals surface area contributed by atoms with Crippen molar-refractivity contribution in [1.82, 2.24) is 9.78 Å². The number of carbonyl (C=O) groups excluding carboxylic acids is 1. The summed E-state index contributed by atoms with van der Waals surface area (Å²) in [7, 11) is 1.86. The molecule has 3 nitrogen and oxygen atoms in total. The van der Waals surface area contributed by atoms with E-state index in [1.807, 2.05) is 20.9 Å². The van der Waals surface area contributed by atoms with Gasteiger partial charge in [0.1, 0.15) is 5.82 Å². The van der Waals surface area contributed by atoms with Crippen LogP contribution in [0.2, 0.25) is 0 Å². The number of carbonyl (C=O) groups is 1. The highest BCUT2D eigenvalue weighted by Crippen LogP contribution is 2.15. The zero-order valence-electron chi connectivity index (χ0n) is 10.7. The van der Waals surface area contributed by atoms with Crippen LogP contribution in [0.1, 0.15) is 27.3 Å². The van der Waals surface area contributed by atoms with Gasteiger partial charge in [-0.1, -0.05) is 0 Å². The molecule has 1 aromatic heterocycles. The number of nitrogens with zero attached hydrogens (tertiary/aromatic N) is 2. The molecule has 2 aromatic rings. The first-order valence-electron chi connectivity index (χ1n) is 5.77. The second-order valence-electron chi connectivity index (χ2n) is 4.38. The van der Waals surface area contributed by atoms with E-state index in [0.717, 1.165) is 17.0 Å². The molecule has 18 heavy (non-hydrogen) atoms. The summed E-state index contributed by atoms with van der Waals surface area (Å²) in [6.07, 6.45) is 0.303. The average Bonchev–Trinajstić information content (AvgIpc) is 2.57. The van der Waals surface area contributed by atoms with Crippen LogP contribution in [0.15, 0.2) is 24.3 Å². The predicted octanol–water partition coefficient (Wildman–Crippen LogP) is 2.60. The minimum atomic E-state index is -0.333. The highest BCUT2D eigenvalue weighted by Gasteiger charge is 2.14. The Bertz CT molecular complexity index is 585. The van der Waals surface area contributed by atoms with E-state index in [0.29, 0.717) is 12.0 Å². The Kier molecular flexibility index (Phi) is 3.28. The van der Waals surface area contributed by atoms with Gasteiger partial charge in [-0.15, -0.1) is 0 Å².